The summed E-state index contributed by atoms with van der Waals surface area (Å²) in [6.45, 7) is 8.17. The van der Waals surface area contributed by atoms with Gasteiger partial charge in [-0.25, -0.2) is 4.39 Å². The normalized spacial score (nSPS) is 10.7. The van der Waals surface area contributed by atoms with E-state index in [-0.39, 0.29) is 5.82 Å². The van der Waals surface area contributed by atoms with Crippen LogP contribution in [0.3, 0.4) is 0 Å². The van der Waals surface area contributed by atoms with Crippen molar-refractivity contribution in [3.05, 3.63) is 64.5 Å². The van der Waals surface area contributed by atoms with Crippen molar-refractivity contribution in [2.75, 3.05) is 6.54 Å². The Balaban J connectivity index is 2.13. The van der Waals surface area contributed by atoms with Crippen LogP contribution >= 0.6 is 0 Å². The fourth-order valence-corrected chi connectivity index (χ4v) is 2.20. The molecule has 0 radical (unpaired) electrons. The lowest BCUT2D eigenvalue weighted by Gasteiger charge is -2.14. The van der Waals surface area contributed by atoms with Crippen molar-refractivity contribution < 1.29 is 9.13 Å². The van der Waals surface area contributed by atoms with Gasteiger partial charge in [-0.1, -0.05) is 30.7 Å². The monoisotopic (exact) mass is 287 g/mol. The van der Waals surface area contributed by atoms with Gasteiger partial charge in [-0.2, -0.15) is 0 Å². The molecule has 112 valence electrons. The molecule has 2 aromatic carbocycles. The van der Waals surface area contributed by atoms with E-state index in [9.17, 15) is 4.39 Å². The summed E-state index contributed by atoms with van der Waals surface area (Å²) in [5.74, 6) is 0.626. The molecule has 0 saturated heterocycles. The molecule has 0 heterocycles. The Morgan fingerprint density at radius 2 is 1.86 bits per heavy atom. The molecule has 0 amide bonds. The van der Waals surface area contributed by atoms with Crippen molar-refractivity contribution in [1.29, 1.82) is 0 Å². The van der Waals surface area contributed by atoms with E-state index in [2.05, 4.69) is 25.2 Å². The van der Waals surface area contributed by atoms with Gasteiger partial charge < -0.3 is 10.1 Å². The Morgan fingerprint density at radius 1 is 1.05 bits per heavy atom. The molecule has 0 bridgehead atoms. The van der Waals surface area contributed by atoms with Gasteiger partial charge in [0.15, 0.2) is 0 Å². The van der Waals surface area contributed by atoms with Crippen molar-refractivity contribution in [2.24, 2.45) is 0 Å². The smallest absolute Gasteiger partial charge is 0.124 e. The minimum atomic E-state index is -0.226. The number of rotatable bonds is 6. The van der Waals surface area contributed by atoms with Gasteiger partial charge in [0.05, 0.1) is 0 Å². The van der Waals surface area contributed by atoms with E-state index in [1.54, 1.807) is 6.07 Å². The molecule has 3 heteroatoms. The lowest BCUT2D eigenvalue weighted by atomic mass is 10.1. The minimum Gasteiger partial charge on any atom is -0.489 e. The number of aryl methyl sites for hydroxylation is 2. The summed E-state index contributed by atoms with van der Waals surface area (Å²) in [5, 5.41) is 3.31. The zero-order valence-electron chi connectivity index (χ0n) is 12.9. The first-order valence-corrected chi connectivity index (χ1v) is 7.28. The van der Waals surface area contributed by atoms with Crippen molar-refractivity contribution in [3.63, 3.8) is 0 Å². The number of nitrogens with one attached hydrogen (secondary N) is 1. The highest BCUT2D eigenvalue weighted by atomic mass is 19.1. The molecular formula is C18H22FNO. The van der Waals surface area contributed by atoms with E-state index in [4.69, 9.17) is 4.74 Å². The van der Waals surface area contributed by atoms with Gasteiger partial charge in [-0.15, -0.1) is 0 Å². The summed E-state index contributed by atoms with van der Waals surface area (Å²) in [5.41, 5.74) is 4.25. The number of halogens is 1. The molecule has 0 saturated carbocycles. The summed E-state index contributed by atoms with van der Waals surface area (Å²) in [7, 11) is 0. The third-order valence-electron chi connectivity index (χ3n) is 3.48. The summed E-state index contributed by atoms with van der Waals surface area (Å²) >= 11 is 0. The maximum atomic E-state index is 13.3. The van der Waals surface area contributed by atoms with Crippen LogP contribution in [0.4, 0.5) is 4.39 Å². The standard InChI is InChI=1S/C18H22FNO/c1-4-20-11-15-9-13(2)5-8-18(15)21-12-16-10-17(19)7-6-14(16)3/h5-10,20H,4,11-12H2,1-3H3. The van der Waals surface area contributed by atoms with Crippen LogP contribution in [0.5, 0.6) is 5.75 Å². The minimum absolute atomic E-state index is 0.226. The van der Waals surface area contributed by atoms with Gasteiger partial charge in [-0.3, -0.25) is 0 Å². The molecule has 0 unspecified atom stereocenters. The Morgan fingerprint density at radius 3 is 2.62 bits per heavy atom. The second-order valence-corrected chi connectivity index (χ2v) is 5.25. The number of benzene rings is 2. The van der Waals surface area contributed by atoms with Crippen LogP contribution in [0.1, 0.15) is 29.2 Å². The number of hydrogen-bond acceptors (Lipinski definition) is 2. The third kappa shape index (κ3) is 4.30. The fraction of sp³-hybridized carbons (Fsp3) is 0.333. The third-order valence-corrected chi connectivity index (χ3v) is 3.48. The fourth-order valence-electron chi connectivity index (χ4n) is 2.20. The first-order valence-electron chi connectivity index (χ1n) is 7.28. The van der Waals surface area contributed by atoms with E-state index in [1.165, 1.54) is 17.7 Å². The van der Waals surface area contributed by atoms with Gasteiger partial charge in [0, 0.05) is 12.1 Å². The Bertz CT molecular complexity index is 610. The average molecular weight is 287 g/mol. The molecule has 1 N–H and O–H groups in total. The second-order valence-electron chi connectivity index (χ2n) is 5.25. The summed E-state index contributed by atoms with van der Waals surface area (Å²) < 4.78 is 19.2. The van der Waals surface area contributed by atoms with Gasteiger partial charge in [-0.05, 0) is 49.7 Å². The Labute approximate surface area is 126 Å². The molecule has 0 aliphatic carbocycles. The quantitative estimate of drug-likeness (QED) is 0.862. The highest BCUT2D eigenvalue weighted by Crippen LogP contribution is 2.22. The summed E-state index contributed by atoms with van der Waals surface area (Å²) in [4.78, 5) is 0. The van der Waals surface area contributed by atoms with Crippen molar-refractivity contribution in [3.8, 4) is 5.75 Å². The maximum Gasteiger partial charge on any atom is 0.124 e. The molecule has 0 aliphatic rings. The van der Waals surface area contributed by atoms with Crippen LogP contribution in [0.2, 0.25) is 0 Å². The second kappa shape index (κ2) is 7.23. The van der Waals surface area contributed by atoms with Gasteiger partial charge in [0.2, 0.25) is 0 Å². The number of ether oxygens (including phenoxy) is 1. The lowest BCUT2D eigenvalue weighted by Crippen LogP contribution is -2.13. The lowest BCUT2D eigenvalue weighted by molar-refractivity contribution is 0.300. The molecular weight excluding hydrogens is 265 g/mol. The average Bonchev–Trinajstić information content (AvgIpc) is 2.47. The molecule has 0 aliphatic heterocycles. The molecule has 2 rings (SSSR count). The van der Waals surface area contributed by atoms with E-state index in [0.29, 0.717) is 6.61 Å². The maximum absolute atomic E-state index is 13.3. The highest BCUT2D eigenvalue weighted by Gasteiger charge is 2.06. The van der Waals surface area contributed by atoms with E-state index in [0.717, 1.165) is 35.5 Å². The zero-order chi connectivity index (χ0) is 15.2. The van der Waals surface area contributed by atoms with Gasteiger partial charge >= 0.3 is 0 Å². The molecule has 0 atom stereocenters. The largest absolute Gasteiger partial charge is 0.489 e. The number of hydrogen-bond donors (Lipinski definition) is 1. The van der Waals surface area contributed by atoms with Crippen LogP contribution in [0.25, 0.3) is 0 Å². The molecule has 0 aromatic heterocycles. The summed E-state index contributed by atoms with van der Waals surface area (Å²) in [6, 6.07) is 10.9. The predicted octanol–water partition coefficient (Wildman–Crippen LogP) is 4.13. The van der Waals surface area contributed by atoms with Crippen molar-refractivity contribution >= 4 is 0 Å². The first kappa shape index (κ1) is 15.5. The van der Waals surface area contributed by atoms with Crippen molar-refractivity contribution in [1.82, 2.24) is 5.32 Å². The van der Waals surface area contributed by atoms with Crippen LogP contribution in [-0.4, -0.2) is 6.54 Å². The predicted molar refractivity (Wildman–Crippen MR) is 84.0 cm³/mol. The van der Waals surface area contributed by atoms with Gasteiger partial charge in [0.25, 0.3) is 0 Å². The van der Waals surface area contributed by atoms with Crippen LogP contribution in [0, 0.1) is 19.7 Å². The molecule has 2 aromatic rings. The molecule has 0 fully saturated rings. The Hall–Kier alpha value is -1.87. The Kier molecular flexibility index (Phi) is 5.34. The van der Waals surface area contributed by atoms with E-state index in [1.807, 2.05) is 19.1 Å². The summed E-state index contributed by atoms with van der Waals surface area (Å²) in [6.07, 6.45) is 0. The van der Waals surface area contributed by atoms with E-state index >= 15 is 0 Å². The van der Waals surface area contributed by atoms with Gasteiger partial charge in [0.1, 0.15) is 18.2 Å². The molecule has 0 spiro atoms. The highest BCUT2D eigenvalue weighted by molar-refractivity contribution is 5.37. The van der Waals surface area contributed by atoms with Crippen LogP contribution in [0.15, 0.2) is 36.4 Å². The molecule has 2 nitrogen and oxygen atoms in total. The van der Waals surface area contributed by atoms with Crippen LogP contribution in [-0.2, 0) is 13.2 Å². The van der Waals surface area contributed by atoms with Crippen LogP contribution < -0.4 is 10.1 Å². The first-order chi connectivity index (χ1) is 10.1. The SMILES string of the molecule is CCNCc1cc(C)ccc1OCc1cc(F)ccc1C. The zero-order valence-corrected chi connectivity index (χ0v) is 12.9. The van der Waals surface area contributed by atoms with E-state index < -0.39 is 0 Å². The molecule has 21 heavy (non-hydrogen) atoms. The van der Waals surface area contributed by atoms with Crippen molar-refractivity contribution in [2.45, 2.75) is 33.9 Å². The topological polar surface area (TPSA) is 21.3 Å².